The van der Waals surface area contributed by atoms with Crippen LogP contribution in [0.1, 0.15) is 32.6 Å². The molecule has 7 heteroatoms. The highest BCUT2D eigenvalue weighted by Crippen LogP contribution is 2.24. The Hall–Kier alpha value is -2.15. The highest BCUT2D eigenvalue weighted by atomic mass is 32.2. The van der Waals surface area contributed by atoms with Gasteiger partial charge >= 0.3 is 0 Å². The van der Waals surface area contributed by atoms with Crippen LogP contribution in [0.15, 0.2) is 40.9 Å². The van der Waals surface area contributed by atoms with E-state index in [1.807, 2.05) is 0 Å². The second-order valence-electron chi connectivity index (χ2n) is 6.70. The first-order valence-electron chi connectivity index (χ1n) is 8.98. The number of aromatic nitrogens is 3. The Kier molecular flexibility index (Phi) is 6.08. The third kappa shape index (κ3) is 4.15. The average molecular weight is 372 g/mol. The molecule has 26 heavy (non-hydrogen) atoms. The molecule has 0 spiro atoms. The van der Waals surface area contributed by atoms with Crippen LogP contribution >= 0.6 is 11.8 Å². The lowest BCUT2D eigenvalue weighted by Crippen LogP contribution is -2.41. The predicted molar refractivity (Wildman–Crippen MR) is 104 cm³/mol. The van der Waals surface area contributed by atoms with Crippen LogP contribution in [0.2, 0.25) is 0 Å². The Morgan fingerprint density at radius 3 is 3.04 bits per heavy atom. The number of nitrogens with zero attached hydrogens (tertiary/aromatic N) is 3. The number of pyridine rings is 1. The number of carbonyl (C=O) groups is 1. The number of allylic oxidation sites excluding steroid dienone is 1. The Balaban J connectivity index is 1.75. The zero-order valence-electron chi connectivity index (χ0n) is 15.0. The van der Waals surface area contributed by atoms with Gasteiger partial charge in [-0.1, -0.05) is 37.6 Å². The molecule has 0 radical (unpaired) electrons. The van der Waals surface area contributed by atoms with Gasteiger partial charge in [0, 0.05) is 18.8 Å². The number of hydrogen-bond donors (Lipinski definition) is 1. The van der Waals surface area contributed by atoms with Crippen molar-refractivity contribution in [1.29, 1.82) is 0 Å². The van der Waals surface area contributed by atoms with E-state index in [2.05, 4.69) is 28.8 Å². The molecule has 2 atom stereocenters. The molecule has 1 amide bonds. The maximum absolute atomic E-state index is 12.7. The van der Waals surface area contributed by atoms with Crippen molar-refractivity contribution in [2.45, 2.75) is 50.4 Å². The molecule has 2 aromatic rings. The first-order valence-corrected chi connectivity index (χ1v) is 9.97. The molecule has 0 saturated heterocycles. The fraction of sp³-hybridized carbons (Fsp3) is 0.474. The molecular formula is C19H24N4O2S. The number of nitrogens with one attached hydrogen (secondary N) is 1. The van der Waals surface area contributed by atoms with Gasteiger partial charge in [0.05, 0.1) is 11.1 Å². The van der Waals surface area contributed by atoms with Crippen LogP contribution in [-0.4, -0.2) is 32.2 Å². The van der Waals surface area contributed by atoms with Crippen LogP contribution in [0.5, 0.6) is 0 Å². The standard InChI is InChI=1S/C19H24N4O2S/c1-3-11-23-18(25)14-8-6-10-20-17(14)22-19(23)26-12-16(24)21-15-9-5-4-7-13(15)2/h3,6,8,10,13,15H,1,4-5,7,9,11-12H2,2H3,(H,21,24)/t13-,15+/m1/s1. The first-order chi connectivity index (χ1) is 12.6. The number of hydrogen-bond acceptors (Lipinski definition) is 5. The van der Waals surface area contributed by atoms with E-state index in [0.29, 0.717) is 28.7 Å². The number of amides is 1. The van der Waals surface area contributed by atoms with Crippen LogP contribution in [-0.2, 0) is 11.3 Å². The topological polar surface area (TPSA) is 76.9 Å². The monoisotopic (exact) mass is 372 g/mol. The minimum absolute atomic E-state index is 0.0192. The van der Waals surface area contributed by atoms with Gasteiger partial charge < -0.3 is 5.32 Å². The minimum atomic E-state index is -0.160. The van der Waals surface area contributed by atoms with E-state index in [1.165, 1.54) is 29.2 Å². The molecule has 1 aliphatic rings. The van der Waals surface area contributed by atoms with Crippen LogP contribution in [0.4, 0.5) is 0 Å². The van der Waals surface area contributed by atoms with Gasteiger partial charge in [-0.05, 0) is 30.9 Å². The van der Waals surface area contributed by atoms with Crippen molar-refractivity contribution in [2.24, 2.45) is 5.92 Å². The fourth-order valence-electron chi connectivity index (χ4n) is 3.35. The summed E-state index contributed by atoms with van der Waals surface area (Å²) >= 11 is 1.27. The van der Waals surface area contributed by atoms with E-state index >= 15 is 0 Å². The Morgan fingerprint density at radius 1 is 1.46 bits per heavy atom. The van der Waals surface area contributed by atoms with E-state index in [9.17, 15) is 9.59 Å². The Bertz CT molecular complexity index is 864. The lowest BCUT2D eigenvalue weighted by atomic mass is 9.86. The van der Waals surface area contributed by atoms with Crippen LogP contribution < -0.4 is 10.9 Å². The lowest BCUT2D eigenvalue weighted by Gasteiger charge is -2.29. The summed E-state index contributed by atoms with van der Waals surface area (Å²) in [5, 5.41) is 4.10. The van der Waals surface area contributed by atoms with Gasteiger partial charge in [-0.2, -0.15) is 0 Å². The van der Waals surface area contributed by atoms with E-state index in [1.54, 1.807) is 24.4 Å². The van der Waals surface area contributed by atoms with Crippen LogP contribution in [0.25, 0.3) is 11.0 Å². The van der Waals surface area contributed by atoms with Crippen LogP contribution in [0, 0.1) is 5.92 Å². The molecule has 1 N–H and O–H groups in total. The van der Waals surface area contributed by atoms with Gasteiger partial charge in [-0.25, -0.2) is 9.97 Å². The quantitative estimate of drug-likeness (QED) is 0.479. The minimum Gasteiger partial charge on any atom is -0.352 e. The fourth-order valence-corrected chi connectivity index (χ4v) is 4.15. The van der Waals surface area contributed by atoms with Gasteiger partial charge in [-0.3, -0.25) is 14.2 Å². The molecule has 0 aromatic carbocycles. The summed E-state index contributed by atoms with van der Waals surface area (Å²) in [5.41, 5.74) is 0.244. The molecule has 3 rings (SSSR count). The van der Waals surface area contributed by atoms with Gasteiger partial charge in [0.1, 0.15) is 0 Å². The molecule has 2 heterocycles. The smallest absolute Gasteiger partial charge is 0.263 e. The van der Waals surface area contributed by atoms with E-state index < -0.39 is 0 Å². The van der Waals surface area contributed by atoms with E-state index in [0.717, 1.165) is 12.8 Å². The normalized spacial score (nSPS) is 20.0. The summed E-state index contributed by atoms with van der Waals surface area (Å²) in [6.07, 6.45) is 7.87. The second-order valence-corrected chi connectivity index (χ2v) is 7.64. The van der Waals surface area contributed by atoms with Crippen molar-refractivity contribution in [3.63, 3.8) is 0 Å². The third-order valence-electron chi connectivity index (χ3n) is 4.80. The summed E-state index contributed by atoms with van der Waals surface area (Å²) in [6.45, 7) is 6.25. The molecule has 6 nitrogen and oxygen atoms in total. The van der Waals surface area contributed by atoms with Crippen molar-refractivity contribution >= 4 is 28.7 Å². The molecule has 1 saturated carbocycles. The van der Waals surface area contributed by atoms with Crippen molar-refractivity contribution in [1.82, 2.24) is 19.9 Å². The number of rotatable bonds is 6. The highest BCUT2D eigenvalue weighted by Gasteiger charge is 2.23. The molecule has 1 fully saturated rings. The SMILES string of the molecule is C=CCn1c(SCC(=O)N[C@H]2CCCC[C@H]2C)nc2ncccc2c1=O. The highest BCUT2D eigenvalue weighted by molar-refractivity contribution is 7.99. The van der Waals surface area contributed by atoms with Crippen molar-refractivity contribution < 1.29 is 4.79 Å². The Labute approximate surface area is 157 Å². The Morgan fingerprint density at radius 2 is 2.27 bits per heavy atom. The third-order valence-corrected chi connectivity index (χ3v) is 5.77. The molecular weight excluding hydrogens is 348 g/mol. The summed E-state index contributed by atoms with van der Waals surface area (Å²) in [5.74, 6) is 0.722. The summed E-state index contributed by atoms with van der Waals surface area (Å²) in [6, 6.07) is 3.68. The molecule has 0 aliphatic heterocycles. The van der Waals surface area contributed by atoms with E-state index in [4.69, 9.17) is 0 Å². The van der Waals surface area contributed by atoms with E-state index in [-0.39, 0.29) is 23.3 Å². The second kappa shape index (κ2) is 8.49. The van der Waals surface area contributed by atoms with Gasteiger partial charge in [0.2, 0.25) is 5.91 Å². The molecule has 2 aromatic heterocycles. The van der Waals surface area contributed by atoms with Crippen molar-refractivity contribution in [3.05, 3.63) is 41.3 Å². The maximum atomic E-state index is 12.7. The lowest BCUT2D eigenvalue weighted by molar-refractivity contribution is -0.119. The van der Waals surface area contributed by atoms with Gasteiger partial charge in [-0.15, -0.1) is 6.58 Å². The zero-order valence-corrected chi connectivity index (χ0v) is 15.8. The molecule has 0 bridgehead atoms. The molecule has 138 valence electrons. The molecule has 1 aliphatic carbocycles. The largest absolute Gasteiger partial charge is 0.352 e. The summed E-state index contributed by atoms with van der Waals surface area (Å²) in [4.78, 5) is 33.7. The van der Waals surface area contributed by atoms with Crippen molar-refractivity contribution in [3.8, 4) is 0 Å². The summed E-state index contributed by atoms with van der Waals surface area (Å²) < 4.78 is 1.54. The number of thioether (sulfide) groups is 1. The number of fused-ring (bicyclic) bond motifs is 1. The summed E-state index contributed by atoms with van der Waals surface area (Å²) in [7, 11) is 0. The van der Waals surface area contributed by atoms with Gasteiger partial charge in [0.15, 0.2) is 10.8 Å². The van der Waals surface area contributed by atoms with Crippen LogP contribution in [0.3, 0.4) is 0 Å². The average Bonchev–Trinajstić information content (AvgIpc) is 2.64. The molecule has 0 unspecified atom stereocenters. The first kappa shape index (κ1) is 18.6. The number of carbonyl (C=O) groups excluding carboxylic acids is 1. The maximum Gasteiger partial charge on any atom is 0.263 e. The van der Waals surface area contributed by atoms with Gasteiger partial charge in [0.25, 0.3) is 5.56 Å². The predicted octanol–water partition coefficient (Wildman–Crippen LogP) is 2.76. The van der Waals surface area contributed by atoms with Crippen molar-refractivity contribution in [2.75, 3.05) is 5.75 Å². The zero-order chi connectivity index (χ0) is 18.5.